The molecule has 0 aliphatic rings. The quantitative estimate of drug-likeness (QED) is 0.134. The van der Waals surface area contributed by atoms with Gasteiger partial charge in [0.2, 0.25) is 0 Å². The van der Waals surface area contributed by atoms with Crippen LogP contribution in [0.25, 0.3) is 64.6 Å². The van der Waals surface area contributed by atoms with Crippen LogP contribution in [-0.4, -0.2) is 0 Å². The fourth-order valence-electron chi connectivity index (χ4n) is 5.03. The van der Waals surface area contributed by atoms with Gasteiger partial charge >= 0.3 is 0 Å². The van der Waals surface area contributed by atoms with Gasteiger partial charge in [-0.15, -0.1) is 0 Å². The topological polar surface area (TPSA) is 0 Å². The van der Waals surface area contributed by atoms with E-state index in [1.54, 1.807) is 0 Å². The van der Waals surface area contributed by atoms with Crippen LogP contribution < -0.4 is 0 Å². The van der Waals surface area contributed by atoms with Gasteiger partial charge in [0.15, 0.2) is 0 Å². The summed E-state index contributed by atoms with van der Waals surface area (Å²) in [6.07, 6.45) is 0. The van der Waals surface area contributed by atoms with E-state index in [0.29, 0.717) is 0 Å². The van der Waals surface area contributed by atoms with Gasteiger partial charge in [0.05, 0.1) is 0 Å². The first-order valence-electron chi connectivity index (χ1n) is 10.7. The molecule has 0 N–H and O–H groups in total. The summed E-state index contributed by atoms with van der Waals surface area (Å²) in [4.78, 5) is 0. The van der Waals surface area contributed by atoms with Gasteiger partial charge in [-0.05, 0) is 145 Å². The number of halogens is 2. The Labute approximate surface area is 201 Å². The van der Waals surface area contributed by atoms with E-state index in [2.05, 4.69) is 129 Å². The predicted molar refractivity (Wildman–Crippen MR) is 147 cm³/mol. The fraction of sp³-hybridized carbons (Fsp3) is 0. The molecule has 0 aliphatic heterocycles. The lowest BCUT2D eigenvalue weighted by atomic mass is 9.94. The smallest absolute Gasteiger partial charge is 0.0402 e. The summed E-state index contributed by atoms with van der Waals surface area (Å²) in [7, 11) is 0. The summed E-state index contributed by atoms with van der Waals surface area (Å²) in [5, 5.41) is 15.1. The van der Waals surface area contributed by atoms with Crippen LogP contribution in [0.15, 0.2) is 106 Å². The number of benzene rings is 7. The Morgan fingerprint density at radius 1 is 0.312 bits per heavy atom. The molecule has 0 radical (unpaired) electrons. The second-order valence-corrected chi connectivity index (χ2v) is 10.1. The van der Waals surface area contributed by atoms with E-state index in [4.69, 9.17) is 0 Å². The molecule has 2 heteroatoms. The molecular weight excluding hydrogens is 520 g/mol. The Morgan fingerprint density at radius 2 is 0.594 bits per heavy atom. The van der Waals surface area contributed by atoms with Gasteiger partial charge < -0.3 is 0 Å². The van der Waals surface area contributed by atoms with Gasteiger partial charge in [-0.1, -0.05) is 48.5 Å². The minimum absolute atomic E-state index is 1.11. The molecule has 0 saturated heterocycles. The molecule has 0 atom stereocenters. The average Bonchev–Trinajstić information content (AvgIpc) is 2.83. The molecule has 7 aromatic carbocycles. The monoisotopic (exact) mass is 534 g/mol. The Bertz CT molecular complexity index is 1760. The predicted octanol–water partition coefficient (Wildman–Crippen LogP) is 10.1. The van der Waals surface area contributed by atoms with Crippen LogP contribution in [0.4, 0.5) is 0 Å². The summed E-state index contributed by atoms with van der Waals surface area (Å²) in [5.74, 6) is 0. The third-order valence-electron chi connectivity index (χ3n) is 6.64. The van der Waals surface area contributed by atoms with Crippen LogP contribution >= 0.6 is 31.9 Å². The number of hydrogen-bond donors (Lipinski definition) is 0. The molecule has 0 heterocycles. The molecule has 150 valence electrons. The molecular formula is C30H16Br2. The van der Waals surface area contributed by atoms with Crippen molar-refractivity contribution in [3.8, 4) is 0 Å². The van der Waals surface area contributed by atoms with Crippen LogP contribution in [0.5, 0.6) is 0 Å². The van der Waals surface area contributed by atoms with Crippen LogP contribution in [-0.2, 0) is 0 Å². The SMILES string of the molecule is Brc1c(Br)c2cc3cc4ccccc4cc3cc2c2cc3cc4ccccc4cc3cc12. The molecule has 7 rings (SSSR count). The van der Waals surface area contributed by atoms with Gasteiger partial charge in [0, 0.05) is 8.95 Å². The molecule has 0 fully saturated rings. The lowest BCUT2D eigenvalue weighted by Crippen LogP contribution is -1.86. The summed E-state index contributed by atoms with van der Waals surface area (Å²) < 4.78 is 2.21. The third-order valence-corrected chi connectivity index (χ3v) is 8.82. The maximum atomic E-state index is 3.89. The minimum atomic E-state index is 1.11. The lowest BCUT2D eigenvalue weighted by Gasteiger charge is -2.14. The number of rotatable bonds is 0. The van der Waals surface area contributed by atoms with Crippen molar-refractivity contribution in [1.29, 1.82) is 0 Å². The first-order valence-corrected chi connectivity index (χ1v) is 12.2. The zero-order chi connectivity index (χ0) is 21.4. The minimum Gasteiger partial charge on any atom is -0.0616 e. The van der Waals surface area contributed by atoms with Crippen molar-refractivity contribution in [3.63, 3.8) is 0 Å². The Hall–Kier alpha value is -2.94. The standard InChI is InChI=1S/C30H16Br2/c31-29-27-15-23-11-19-7-3-1-5-17(19)9-21(23)13-25(27)26-14-22-10-18-6-2-4-8-20(18)12-24(22)16-28(26)30(29)32/h1-16H. The van der Waals surface area contributed by atoms with E-state index in [0.717, 1.165) is 8.95 Å². The van der Waals surface area contributed by atoms with Crippen LogP contribution in [0.2, 0.25) is 0 Å². The number of hydrogen-bond acceptors (Lipinski definition) is 0. The first-order chi connectivity index (χ1) is 15.7. The second kappa shape index (κ2) is 6.78. The van der Waals surface area contributed by atoms with Crippen LogP contribution in [0.3, 0.4) is 0 Å². The lowest BCUT2D eigenvalue weighted by molar-refractivity contribution is 1.73. The molecule has 0 bridgehead atoms. The summed E-state index contributed by atoms with van der Waals surface area (Å²) in [5.41, 5.74) is 0. The van der Waals surface area contributed by atoms with E-state index in [-0.39, 0.29) is 0 Å². The highest BCUT2D eigenvalue weighted by atomic mass is 79.9. The average molecular weight is 536 g/mol. The highest BCUT2D eigenvalue weighted by Gasteiger charge is 2.14. The van der Waals surface area contributed by atoms with Crippen molar-refractivity contribution in [2.24, 2.45) is 0 Å². The zero-order valence-corrected chi connectivity index (χ0v) is 20.2. The molecule has 0 amide bonds. The van der Waals surface area contributed by atoms with Crippen molar-refractivity contribution >= 4 is 96.5 Å². The number of fused-ring (bicyclic) bond motifs is 7. The highest BCUT2D eigenvalue weighted by molar-refractivity contribution is 9.13. The molecule has 0 aliphatic carbocycles. The van der Waals surface area contributed by atoms with E-state index >= 15 is 0 Å². The molecule has 0 spiro atoms. The Kier molecular flexibility index (Phi) is 3.94. The van der Waals surface area contributed by atoms with E-state index in [9.17, 15) is 0 Å². The van der Waals surface area contributed by atoms with Crippen molar-refractivity contribution in [3.05, 3.63) is 106 Å². The van der Waals surface area contributed by atoms with E-state index in [1.807, 2.05) is 0 Å². The van der Waals surface area contributed by atoms with Gasteiger partial charge in [0.1, 0.15) is 0 Å². The Balaban J connectivity index is 1.66. The van der Waals surface area contributed by atoms with Crippen LogP contribution in [0.1, 0.15) is 0 Å². The summed E-state index contributed by atoms with van der Waals surface area (Å²) in [6, 6.07) is 35.7. The van der Waals surface area contributed by atoms with Crippen molar-refractivity contribution in [2.75, 3.05) is 0 Å². The summed E-state index contributed by atoms with van der Waals surface area (Å²) in [6.45, 7) is 0. The molecule has 0 saturated carbocycles. The molecule has 0 nitrogen and oxygen atoms in total. The second-order valence-electron chi connectivity index (χ2n) is 8.52. The van der Waals surface area contributed by atoms with E-state index in [1.165, 1.54) is 64.6 Å². The van der Waals surface area contributed by atoms with Crippen LogP contribution in [0, 0.1) is 0 Å². The highest BCUT2D eigenvalue weighted by Crippen LogP contribution is 2.43. The molecule has 0 unspecified atom stereocenters. The first kappa shape index (κ1) is 18.6. The maximum Gasteiger partial charge on any atom is 0.0402 e. The Morgan fingerprint density at radius 3 is 0.906 bits per heavy atom. The maximum absolute atomic E-state index is 3.89. The van der Waals surface area contributed by atoms with Gasteiger partial charge in [-0.2, -0.15) is 0 Å². The van der Waals surface area contributed by atoms with E-state index < -0.39 is 0 Å². The molecule has 0 aromatic heterocycles. The largest absolute Gasteiger partial charge is 0.0616 e. The van der Waals surface area contributed by atoms with Crippen molar-refractivity contribution < 1.29 is 0 Å². The zero-order valence-electron chi connectivity index (χ0n) is 17.0. The third kappa shape index (κ3) is 2.66. The normalized spacial score (nSPS) is 12.1. The van der Waals surface area contributed by atoms with Crippen molar-refractivity contribution in [2.45, 2.75) is 0 Å². The fourth-order valence-corrected chi connectivity index (χ4v) is 6.11. The molecule has 7 aromatic rings. The summed E-state index contributed by atoms with van der Waals surface area (Å²) >= 11 is 7.79. The molecule has 32 heavy (non-hydrogen) atoms. The van der Waals surface area contributed by atoms with Gasteiger partial charge in [-0.3, -0.25) is 0 Å². The van der Waals surface area contributed by atoms with Crippen molar-refractivity contribution in [1.82, 2.24) is 0 Å². The van der Waals surface area contributed by atoms with Gasteiger partial charge in [-0.25, -0.2) is 0 Å². The van der Waals surface area contributed by atoms with Gasteiger partial charge in [0.25, 0.3) is 0 Å².